The van der Waals surface area contributed by atoms with E-state index in [4.69, 9.17) is 11.6 Å². The number of hydrogen-bond acceptors (Lipinski definition) is 2. The smallest absolute Gasteiger partial charge is 0.0406 e. The number of benzene rings is 1. The minimum absolute atomic E-state index is 0.465. The fourth-order valence-electron chi connectivity index (χ4n) is 2.91. The van der Waals surface area contributed by atoms with Crippen molar-refractivity contribution in [3.8, 4) is 0 Å². The van der Waals surface area contributed by atoms with Crippen molar-refractivity contribution in [2.45, 2.75) is 56.9 Å². The van der Waals surface area contributed by atoms with Crippen LogP contribution in [0.2, 0.25) is 5.02 Å². The maximum atomic E-state index is 5.96. The molecule has 1 aliphatic rings. The van der Waals surface area contributed by atoms with E-state index in [0.717, 1.165) is 16.7 Å². The average Bonchev–Trinajstić information content (AvgIpc) is 2.85. The zero-order valence-electron chi connectivity index (χ0n) is 11.9. The van der Waals surface area contributed by atoms with Crippen LogP contribution in [0.5, 0.6) is 0 Å². The van der Waals surface area contributed by atoms with Gasteiger partial charge in [-0.25, -0.2) is 0 Å². The Hall–Kier alpha value is -0.180. The molecule has 1 saturated carbocycles. The highest BCUT2D eigenvalue weighted by molar-refractivity contribution is 7.99. The topological polar surface area (TPSA) is 12.0 Å². The quantitative estimate of drug-likeness (QED) is 0.788. The molecule has 1 aromatic carbocycles. The zero-order valence-corrected chi connectivity index (χ0v) is 13.4. The number of rotatable bonds is 6. The Morgan fingerprint density at radius 3 is 2.63 bits per heavy atom. The lowest BCUT2D eigenvalue weighted by atomic mass is 10.0. The van der Waals surface area contributed by atoms with E-state index in [0.29, 0.717) is 12.1 Å². The molecule has 19 heavy (non-hydrogen) atoms. The molecule has 0 spiro atoms. The Bertz CT molecular complexity index is 379. The van der Waals surface area contributed by atoms with Crippen molar-refractivity contribution in [2.75, 3.05) is 5.75 Å². The Labute approximate surface area is 126 Å². The van der Waals surface area contributed by atoms with Gasteiger partial charge in [-0.05, 0) is 49.1 Å². The number of nitrogens with one attached hydrogen (secondary N) is 1. The largest absolute Gasteiger partial charge is 0.307 e. The van der Waals surface area contributed by atoms with Gasteiger partial charge in [-0.15, -0.1) is 0 Å². The van der Waals surface area contributed by atoms with Gasteiger partial charge in [0.1, 0.15) is 0 Å². The zero-order chi connectivity index (χ0) is 13.7. The summed E-state index contributed by atoms with van der Waals surface area (Å²) in [5.41, 5.74) is 1.36. The second kappa shape index (κ2) is 7.56. The molecule has 1 aliphatic carbocycles. The molecule has 1 aromatic rings. The van der Waals surface area contributed by atoms with Crippen LogP contribution < -0.4 is 5.32 Å². The second-order valence-electron chi connectivity index (χ2n) is 5.27. The number of halogens is 1. The lowest BCUT2D eigenvalue weighted by Crippen LogP contribution is -2.30. The molecule has 3 heteroatoms. The first kappa shape index (κ1) is 15.2. The van der Waals surface area contributed by atoms with Crippen molar-refractivity contribution < 1.29 is 0 Å². The molecule has 2 rings (SSSR count). The molecular weight excluding hydrogens is 274 g/mol. The molecule has 0 aliphatic heterocycles. The summed E-state index contributed by atoms with van der Waals surface area (Å²) in [5, 5.41) is 5.52. The summed E-state index contributed by atoms with van der Waals surface area (Å²) in [6.45, 7) is 4.51. The summed E-state index contributed by atoms with van der Waals surface area (Å²) in [7, 11) is 0. The second-order valence-corrected chi connectivity index (χ2v) is 7.28. The third-order valence-corrected chi connectivity index (χ3v) is 5.39. The molecular formula is C16H24ClNS. The number of thioether (sulfide) groups is 1. The van der Waals surface area contributed by atoms with E-state index in [1.165, 1.54) is 30.6 Å². The van der Waals surface area contributed by atoms with Gasteiger partial charge in [-0.1, -0.05) is 37.6 Å². The van der Waals surface area contributed by atoms with Crippen molar-refractivity contribution in [3.63, 3.8) is 0 Å². The fourth-order valence-corrected chi connectivity index (χ4v) is 4.18. The van der Waals surface area contributed by atoms with E-state index in [-0.39, 0.29) is 0 Å². The maximum absolute atomic E-state index is 5.96. The molecule has 0 aromatic heterocycles. The molecule has 0 radical (unpaired) electrons. The highest BCUT2D eigenvalue weighted by Crippen LogP contribution is 2.31. The van der Waals surface area contributed by atoms with Crippen molar-refractivity contribution >= 4 is 23.4 Å². The van der Waals surface area contributed by atoms with Crippen LogP contribution in [-0.4, -0.2) is 17.0 Å². The first-order chi connectivity index (χ1) is 9.22. The third-order valence-electron chi connectivity index (χ3n) is 3.90. The summed E-state index contributed by atoms with van der Waals surface area (Å²) in [6.07, 6.45) is 5.14. The van der Waals surface area contributed by atoms with E-state index in [2.05, 4.69) is 43.1 Å². The first-order valence-corrected chi connectivity index (χ1v) is 8.78. The van der Waals surface area contributed by atoms with Gasteiger partial charge >= 0.3 is 0 Å². The van der Waals surface area contributed by atoms with Gasteiger partial charge in [0.2, 0.25) is 0 Å². The van der Waals surface area contributed by atoms with Crippen LogP contribution in [0.15, 0.2) is 24.3 Å². The van der Waals surface area contributed by atoms with Crippen molar-refractivity contribution in [2.24, 2.45) is 0 Å². The standard InChI is InChI=1S/C16H24ClNS/c1-3-16(12-5-7-13(17)8-6-12)18-14-9-10-15(11-14)19-4-2/h5-8,14-16,18H,3-4,9-11H2,1-2H3. The normalized spacial score (nSPS) is 24.6. The maximum Gasteiger partial charge on any atom is 0.0406 e. The van der Waals surface area contributed by atoms with E-state index in [9.17, 15) is 0 Å². The summed E-state index contributed by atoms with van der Waals surface area (Å²) in [4.78, 5) is 0. The molecule has 0 heterocycles. The molecule has 0 bridgehead atoms. The molecule has 106 valence electrons. The predicted molar refractivity (Wildman–Crippen MR) is 87.2 cm³/mol. The lowest BCUT2D eigenvalue weighted by molar-refractivity contribution is 0.431. The van der Waals surface area contributed by atoms with Crippen molar-refractivity contribution in [1.29, 1.82) is 0 Å². The van der Waals surface area contributed by atoms with E-state index < -0.39 is 0 Å². The fraction of sp³-hybridized carbons (Fsp3) is 0.625. The molecule has 1 nitrogen and oxygen atoms in total. The van der Waals surface area contributed by atoms with Gasteiger partial charge in [0.25, 0.3) is 0 Å². The summed E-state index contributed by atoms with van der Waals surface area (Å²) < 4.78 is 0. The summed E-state index contributed by atoms with van der Waals surface area (Å²) >= 11 is 8.08. The minimum Gasteiger partial charge on any atom is -0.307 e. The van der Waals surface area contributed by atoms with Crippen LogP contribution in [0.25, 0.3) is 0 Å². The van der Waals surface area contributed by atoms with Crippen LogP contribution in [0.4, 0.5) is 0 Å². The predicted octanol–water partition coefficient (Wildman–Crippen LogP) is 5.05. The van der Waals surface area contributed by atoms with E-state index in [1.54, 1.807) is 0 Å². The monoisotopic (exact) mass is 297 g/mol. The average molecular weight is 298 g/mol. The molecule has 0 amide bonds. The highest BCUT2D eigenvalue weighted by Gasteiger charge is 2.26. The van der Waals surface area contributed by atoms with Gasteiger partial charge in [0.05, 0.1) is 0 Å². The minimum atomic E-state index is 0.465. The van der Waals surface area contributed by atoms with Gasteiger partial charge in [0, 0.05) is 22.4 Å². The van der Waals surface area contributed by atoms with Crippen LogP contribution >= 0.6 is 23.4 Å². The van der Waals surface area contributed by atoms with E-state index >= 15 is 0 Å². The summed E-state index contributed by atoms with van der Waals surface area (Å²) in [5.74, 6) is 1.24. The lowest BCUT2D eigenvalue weighted by Gasteiger charge is -2.22. The molecule has 3 unspecified atom stereocenters. The van der Waals surface area contributed by atoms with Crippen molar-refractivity contribution in [3.05, 3.63) is 34.9 Å². The molecule has 0 saturated heterocycles. The Morgan fingerprint density at radius 1 is 1.26 bits per heavy atom. The van der Waals surface area contributed by atoms with Crippen LogP contribution in [0, 0.1) is 0 Å². The molecule has 3 atom stereocenters. The molecule has 1 N–H and O–H groups in total. The molecule has 1 fully saturated rings. The first-order valence-electron chi connectivity index (χ1n) is 7.36. The van der Waals surface area contributed by atoms with E-state index in [1.807, 2.05) is 12.1 Å². The Morgan fingerprint density at radius 2 is 2.00 bits per heavy atom. The van der Waals surface area contributed by atoms with Crippen LogP contribution in [0.1, 0.15) is 51.1 Å². The van der Waals surface area contributed by atoms with Gasteiger partial charge < -0.3 is 5.32 Å². The van der Waals surface area contributed by atoms with Gasteiger partial charge in [-0.2, -0.15) is 11.8 Å². The van der Waals surface area contributed by atoms with Crippen LogP contribution in [-0.2, 0) is 0 Å². The highest BCUT2D eigenvalue weighted by atomic mass is 35.5. The van der Waals surface area contributed by atoms with Crippen molar-refractivity contribution in [1.82, 2.24) is 5.32 Å². The third kappa shape index (κ3) is 4.40. The van der Waals surface area contributed by atoms with Gasteiger partial charge in [-0.3, -0.25) is 0 Å². The Kier molecular flexibility index (Phi) is 6.06. The van der Waals surface area contributed by atoms with Crippen LogP contribution in [0.3, 0.4) is 0 Å². The summed E-state index contributed by atoms with van der Waals surface area (Å²) in [6, 6.07) is 9.43. The Balaban J connectivity index is 1.91. The number of hydrogen-bond donors (Lipinski definition) is 1. The van der Waals surface area contributed by atoms with Gasteiger partial charge in [0.15, 0.2) is 0 Å². The SMILES string of the molecule is CCSC1CCC(NC(CC)c2ccc(Cl)cc2)C1.